The second kappa shape index (κ2) is 6.81. The minimum Gasteiger partial charge on any atom is -0.342 e. The van der Waals surface area contributed by atoms with E-state index in [4.69, 9.17) is 0 Å². The van der Waals surface area contributed by atoms with Gasteiger partial charge in [0.2, 0.25) is 11.8 Å². The Kier molecular flexibility index (Phi) is 4.71. The van der Waals surface area contributed by atoms with Crippen molar-refractivity contribution in [3.63, 3.8) is 0 Å². The van der Waals surface area contributed by atoms with E-state index in [1.54, 1.807) is 24.1 Å². The molecule has 138 valence electrons. The maximum absolute atomic E-state index is 13.0. The molecule has 2 heterocycles. The number of hydrogen-bond acceptors (Lipinski definition) is 3. The van der Waals surface area contributed by atoms with Crippen LogP contribution in [0.3, 0.4) is 0 Å². The third-order valence-corrected chi connectivity index (χ3v) is 4.30. The largest absolute Gasteiger partial charge is 0.416 e. The first-order chi connectivity index (χ1) is 12.3. The minimum atomic E-state index is -4.54. The number of hydrogen-bond donors (Lipinski definition) is 1. The maximum Gasteiger partial charge on any atom is 0.416 e. The van der Waals surface area contributed by atoms with E-state index in [1.165, 1.54) is 16.9 Å². The molecule has 1 atom stereocenters. The highest BCUT2D eigenvalue weighted by Gasteiger charge is 2.35. The first-order valence-electron chi connectivity index (χ1n) is 8.09. The van der Waals surface area contributed by atoms with Crippen LogP contribution in [0, 0.1) is 5.92 Å². The second-order valence-electron chi connectivity index (χ2n) is 6.00. The molecule has 26 heavy (non-hydrogen) atoms. The van der Waals surface area contributed by atoms with Crippen molar-refractivity contribution >= 4 is 17.5 Å². The summed E-state index contributed by atoms with van der Waals surface area (Å²) < 4.78 is 40.5. The Labute approximate surface area is 147 Å². The van der Waals surface area contributed by atoms with Crippen LogP contribution in [-0.2, 0) is 15.8 Å². The molecule has 1 unspecified atom stereocenters. The second-order valence-corrected chi connectivity index (χ2v) is 6.00. The molecule has 2 amide bonds. The number of carbonyl (C=O) groups excluding carboxylic acids is 2. The summed E-state index contributed by atoms with van der Waals surface area (Å²) in [5.74, 6) is -1.21. The number of amides is 2. The van der Waals surface area contributed by atoms with E-state index in [0.717, 1.165) is 12.1 Å². The summed E-state index contributed by atoms with van der Waals surface area (Å²) in [6, 6.07) is 4.69. The Bertz CT molecular complexity index is 818. The molecule has 6 nitrogen and oxygen atoms in total. The molecule has 1 aliphatic rings. The summed E-state index contributed by atoms with van der Waals surface area (Å²) in [5.41, 5.74) is -0.565. The van der Waals surface area contributed by atoms with Gasteiger partial charge in [0, 0.05) is 31.9 Å². The molecule has 1 aromatic heterocycles. The standard InChI is InChI=1S/C17H17F3N4O2/c1-2-23-10-11(8-15(23)25)16(26)22-13-9-12(17(18,19)20)4-5-14(13)24-7-3-6-21-24/h3-7,9,11H,2,8,10H2,1H3,(H,22,26). The van der Waals surface area contributed by atoms with Crippen molar-refractivity contribution in [2.45, 2.75) is 19.5 Å². The van der Waals surface area contributed by atoms with Crippen molar-refractivity contribution in [1.82, 2.24) is 14.7 Å². The van der Waals surface area contributed by atoms with Crippen molar-refractivity contribution < 1.29 is 22.8 Å². The van der Waals surface area contributed by atoms with E-state index < -0.39 is 23.6 Å². The third kappa shape index (κ3) is 3.56. The van der Waals surface area contributed by atoms with Crippen LogP contribution in [0.1, 0.15) is 18.9 Å². The number of anilines is 1. The summed E-state index contributed by atoms with van der Waals surface area (Å²) in [7, 11) is 0. The lowest BCUT2D eigenvalue weighted by atomic mass is 10.1. The van der Waals surface area contributed by atoms with Gasteiger partial charge in [-0.3, -0.25) is 9.59 Å². The summed E-state index contributed by atoms with van der Waals surface area (Å²) in [4.78, 5) is 25.8. The van der Waals surface area contributed by atoms with Gasteiger partial charge >= 0.3 is 6.18 Å². The van der Waals surface area contributed by atoms with Crippen LogP contribution in [-0.4, -0.2) is 39.6 Å². The van der Waals surface area contributed by atoms with Gasteiger partial charge in [0.05, 0.1) is 22.9 Å². The molecular weight excluding hydrogens is 349 g/mol. The van der Waals surface area contributed by atoms with E-state index >= 15 is 0 Å². The molecule has 1 aromatic carbocycles. The Hall–Kier alpha value is -2.84. The fraction of sp³-hybridized carbons (Fsp3) is 0.353. The minimum absolute atomic E-state index is 0.00378. The Morgan fingerprint density at radius 3 is 2.73 bits per heavy atom. The van der Waals surface area contributed by atoms with Crippen molar-refractivity contribution in [2.75, 3.05) is 18.4 Å². The van der Waals surface area contributed by atoms with Crippen molar-refractivity contribution in [3.8, 4) is 5.69 Å². The lowest BCUT2D eigenvalue weighted by molar-refractivity contribution is -0.137. The summed E-state index contributed by atoms with van der Waals surface area (Å²) in [6.07, 6.45) is -1.44. The number of carbonyl (C=O) groups is 2. The van der Waals surface area contributed by atoms with Gasteiger partial charge < -0.3 is 10.2 Å². The van der Waals surface area contributed by atoms with Crippen LogP contribution in [0.2, 0.25) is 0 Å². The van der Waals surface area contributed by atoms with Gasteiger partial charge in [-0.15, -0.1) is 0 Å². The number of aromatic nitrogens is 2. The van der Waals surface area contributed by atoms with Crippen molar-refractivity contribution in [1.29, 1.82) is 0 Å². The molecule has 2 aromatic rings. The Morgan fingerprint density at radius 1 is 1.38 bits per heavy atom. The molecule has 3 rings (SSSR count). The first-order valence-corrected chi connectivity index (χ1v) is 8.09. The molecule has 0 saturated carbocycles. The predicted octanol–water partition coefficient (Wildman–Crippen LogP) is 2.70. The van der Waals surface area contributed by atoms with E-state index in [-0.39, 0.29) is 24.6 Å². The number of nitrogens with zero attached hydrogens (tertiary/aromatic N) is 3. The quantitative estimate of drug-likeness (QED) is 0.905. The van der Waals surface area contributed by atoms with Crippen LogP contribution in [0.15, 0.2) is 36.7 Å². The molecule has 0 bridgehead atoms. The van der Waals surface area contributed by atoms with Crippen LogP contribution in [0.25, 0.3) is 5.69 Å². The third-order valence-electron chi connectivity index (χ3n) is 4.30. The lowest BCUT2D eigenvalue weighted by Crippen LogP contribution is -2.28. The number of likely N-dealkylation sites (tertiary alicyclic amines) is 1. The van der Waals surface area contributed by atoms with E-state index in [1.807, 2.05) is 0 Å². The van der Waals surface area contributed by atoms with Gasteiger partial charge in [0.15, 0.2) is 0 Å². The van der Waals surface area contributed by atoms with Gasteiger partial charge in [-0.05, 0) is 31.2 Å². The van der Waals surface area contributed by atoms with Crippen LogP contribution in [0.5, 0.6) is 0 Å². The normalized spacial score (nSPS) is 17.6. The Balaban J connectivity index is 1.90. The number of benzene rings is 1. The average Bonchev–Trinajstić information content (AvgIpc) is 3.23. The zero-order valence-corrected chi connectivity index (χ0v) is 14.0. The van der Waals surface area contributed by atoms with Gasteiger partial charge in [0.1, 0.15) is 0 Å². The zero-order chi connectivity index (χ0) is 18.9. The number of nitrogens with one attached hydrogen (secondary N) is 1. The highest BCUT2D eigenvalue weighted by molar-refractivity contribution is 5.98. The molecule has 0 radical (unpaired) electrons. The number of alkyl halides is 3. The smallest absolute Gasteiger partial charge is 0.342 e. The zero-order valence-electron chi connectivity index (χ0n) is 14.0. The number of halogens is 3. The SMILES string of the molecule is CCN1CC(C(=O)Nc2cc(C(F)(F)F)ccc2-n2cccn2)CC1=O. The Morgan fingerprint density at radius 2 is 2.15 bits per heavy atom. The van der Waals surface area contributed by atoms with Crippen LogP contribution in [0.4, 0.5) is 18.9 Å². The van der Waals surface area contributed by atoms with Gasteiger partial charge in [0.25, 0.3) is 0 Å². The molecule has 0 spiro atoms. The monoisotopic (exact) mass is 366 g/mol. The summed E-state index contributed by atoms with van der Waals surface area (Å²) in [6.45, 7) is 2.56. The van der Waals surface area contributed by atoms with Crippen molar-refractivity contribution in [3.05, 3.63) is 42.2 Å². The van der Waals surface area contributed by atoms with E-state index in [0.29, 0.717) is 12.2 Å². The molecular formula is C17H17F3N4O2. The summed E-state index contributed by atoms with van der Waals surface area (Å²) in [5, 5.41) is 6.54. The lowest BCUT2D eigenvalue weighted by Gasteiger charge is -2.17. The molecule has 1 fully saturated rings. The fourth-order valence-electron chi connectivity index (χ4n) is 2.91. The molecule has 0 aliphatic carbocycles. The van der Waals surface area contributed by atoms with Crippen LogP contribution >= 0.6 is 0 Å². The van der Waals surface area contributed by atoms with Crippen LogP contribution < -0.4 is 5.32 Å². The average molecular weight is 366 g/mol. The molecule has 1 saturated heterocycles. The number of rotatable bonds is 4. The van der Waals surface area contributed by atoms with Gasteiger partial charge in [-0.25, -0.2) is 4.68 Å². The summed E-state index contributed by atoms with van der Waals surface area (Å²) >= 11 is 0. The van der Waals surface area contributed by atoms with E-state index in [2.05, 4.69) is 10.4 Å². The first kappa shape index (κ1) is 18.0. The molecule has 1 N–H and O–H groups in total. The van der Waals surface area contributed by atoms with E-state index in [9.17, 15) is 22.8 Å². The van der Waals surface area contributed by atoms with Gasteiger partial charge in [-0.2, -0.15) is 18.3 Å². The fourth-order valence-corrected chi connectivity index (χ4v) is 2.91. The molecule has 9 heteroatoms. The maximum atomic E-state index is 13.0. The molecule has 1 aliphatic heterocycles. The topological polar surface area (TPSA) is 67.2 Å². The highest BCUT2D eigenvalue weighted by Crippen LogP contribution is 2.33. The highest BCUT2D eigenvalue weighted by atomic mass is 19.4. The van der Waals surface area contributed by atoms with Gasteiger partial charge in [-0.1, -0.05) is 0 Å². The predicted molar refractivity (Wildman–Crippen MR) is 87.6 cm³/mol. The van der Waals surface area contributed by atoms with Crippen molar-refractivity contribution in [2.24, 2.45) is 5.92 Å².